The fourth-order valence-corrected chi connectivity index (χ4v) is 4.38. The van der Waals surface area contributed by atoms with Crippen molar-refractivity contribution >= 4 is 15.8 Å². The van der Waals surface area contributed by atoms with E-state index < -0.39 is 15.8 Å². The molecule has 6 nitrogen and oxygen atoms in total. The first-order chi connectivity index (χ1) is 10.00. The summed E-state index contributed by atoms with van der Waals surface area (Å²) in [7, 11) is -2.97. The predicted octanol–water partition coefficient (Wildman–Crippen LogP) is 1.43. The number of nitrogens with zero attached hydrogens (tertiary/aromatic N) is 2. The average molecular weight is 310 g/mol. The van der Waals surface area contributed by atoms with Crippen LogP contribution in [0.4, 0.5) is 0 Å². The Morgan fingerprint density at radius 1 is 1.33 bits per heavy atom. The highest BCUT2D eigenvalue weighted by atomic mass is 32.2. The first-order valence-electron chi connectivity index (χ1n) is 7.24. The van der Waals surface area contributed by atoms with E-state index in [9.17, 15) is 13.2 Å². The molecule has 114 valence electrons. The standard InChI is InChI=1S/C14H18N2O4S/c1-2-20-14(17)11-7-15-13(16-12(11)9-3-4-9)10-5-6-21(18,19)8-10/h7,9-10H,2-6,8H2,1H3. The van der Waals surface area contributed by atoms with Crippen molar-refractivity contribution in [1.82, 2.24) is 9.97 Å². The molecule has 3 rings (SSSR count). The Bertz CT molecular complexity index is 668. The first kappa shape index (κ1) is 14.4. The molecule has 1 atom stereocenters. The molecule has 0 spiro atoms. The van der Waals surface area contributed by atoms with Crippen LogP contribution in [0.1, 0.15) is 59.9 Å². The smallest absolute Gasteiger partial charge is 0.341 e. The zero-order valence-corrected chi connectivity index (χ0v) is 12.7. The van der Waals surface area contributed by atoms with Gasteiger partial charge in [0.2, 0.25) is 0 Å². The summed E-state index contributed by atoms with van der Waals surface area (Å²) in [6, 6.07) is 0. The Kier molecular flexibility index (Phi) is 3.69. The maximum Gasteiger partial charge on any atom is 0.341 e. The summed E-state index contributed by atoms with van der Waals surface area (Å²) >= 11 is 0. The Hall–Kier alpha value is -1.50. The molecular formula is C14H18N2O4S. The molecule has 1 unspecified atom stereocenters. The lowest BCUT2D eigenvalue weighted by Crippen LogP contribution is -2.14. The fourth-order valence-electron chi connectivity index (χ4n) is 2.64. The molecule has 1 saturated heterocycles. The SMILES string of the molecule is CCOC(=O)c1cnc(C2CCS(=O)(=O)C2)nc1C1CC1. The van der Waals surface area contributed by atoms with E-state index in [1.807, 2.05) is 0 Å². The molecule has 1 aliphatic heterocycles. The van der Waals surface area contributed by atoms with Crippen LogP contribution in [0, 0.1) is 0 Å². The molecule has 2 fully saturated rings. The summed E-state index contributed by atoms with van der Waals surface area (Å²) in [6.45, 7) is 2.07. The van der Waals surface area contributed by atoms with E-state index in [1.54, 1.807) is 6.92 Å². The van der Waals surface area contributed by atoms with Gasteiger partial charge in [-0.1, -0.05) is 0 Å². The summed E-state index contributed by atoms with van der Waals surface area (Å²) in [5, 5.41) is 0. The Morgan fingerprint density at radius 2 is 2.10 bits per heavy atom. The van der Waals surface area contributed by atoms with Gasteiger partial charge in [-0.2, -0.15) is 0 Å². The van der Waals surface area contributed by atoms with Gasteiger partial charge in [0.1, 0.15) is 5.82 Å². The number of carbonyl (C=O) groups is 1. The second kappa shape index (κ2) is 5.36. The van der Waals surface area contributed by atoms with E-state index in [-0.39, 0.29) is 23.3 Å². The lowest BCUT2D eigenvalue weighted by molar-refractivity contribution is 0.0523. The average Bonchev–Trinajstić information content (AvgIpc) is 3.22. The third-order valence-electron chi connectivity index (χ3n) is 3.89. The van der Waals surface area contributed by atoms with Gasteiger partial charge in [0.05, 0.1) is 29.4 Å². The van der Waals surface area contributed by atoms with Crippen LogP contribution in [-0.2, 0) is 14.6 Å². The molecule has 1 aliphatic carbocycles. The van der Waals surface area contributed by atoms with Gasteiger partial charge in [-0.15, -0.1) is 0 Å². The van der Waals surface area contributed by atoms with Crippen molar-refractivity contribution in [3.8, 4) is 0 Å². The molecule has 0 bridgehead atoms. The van der Waals surface area contributed by atoms with Gasteiger partial charge in [0.25, 0.3) is 0 Å². The lowest BCUT2D eigenvalue weighted by atomic mass is 10.1. The first-order valence-corrected chi connectivity index (χ1v) is 9.06. The molecule has 0 aromatic carbocycles. The number of aromatic nitrogens is 2. The van der Waals surface area contributed by atoms with Crippen LogP contribution in [0.2, 0.25) is 0 Å². The van der Waals surface area contributed by atoms with Gasteiger partial charge in [-0.25, -0.2) is 23.2 Å². The van der Waals surface area contributed by atoms with Crippen LogP contribution in [-0.4, -0.2) is 42.5 Å². The molecule has 21 heavy (non-hydrogen) atoms. The van der Waals surface area contributed by atoms with Crippen LogP contribution in [0.3, 0.4) is 0 Å². The summed E-state index contributed by atoms with van der Waals surface area (Å²) < 4.78 is 28.2. The third kappa shape index (κ3) is 3.07. The number of hydrogen-bond acceptors (Lipinski definition) is 6. The van der Waals surface area contributed by atoms with Crippen molar-refractivity contribution in [3.05, 3.63) is 23.3 Å². The van der Waals surface area contributed by atoms with Crippen LogP contribution >= 0.6 is 0 Å². The fraction of sp³-hybridized carbons (Fsp3) is 0.643. The highest BCUT2D eigenvalue weighted by molar-refractivity contribution is 7.91. The van der Waals surface area contributed by atoms with Crippen LogP contribution in [0.5, 0.6) is 0 Å². The number of ether oxygens (including phenoxy) is 1. The van der Waals surface area contributed by atoms with Gasteiger partial charge in [0.15, 0.2) is 9.84 Å². The molecule has 0 radical (unpaired) electrons. The monoisotopic (exact) mass is 310 g/mol. The maximum atomic E-state index is 11.9. The van der Waals surface area contributed by atoms with Gasteiger partial charge in [-0.05, 0) is 26.2 Å². The summed E-state index contributed by atoms with van der Waals surface area (Å²) in [6.07, 6.45) is 4.07. The van der Waals surface area contributed by atoms with Crippen LogP contribution in [0.25, 0.3) is 0 Å². The summed E-state index contributed by atoms with van der Waals surface area (Å²) in [5.41, 5.74) is 1.15. The largest absolute Gasteiger partial charge is 0.462 e. The van der Waals surface area contributed by atoms with E-state index in [4.69, 9.17) is 4.74 Å². The number of carbonyl (C=O) groups excluding carboxylic acids is 1. The predicted molar refractivity (Wildman–Crippen MR) is 76.0 cm³/mol. The van der Waals surface area contributed by atoms with Crippen molar-refractivity contribution in [3.63, 3.8) is 0 Å². The molecule has 0 N–H and O–H groups in total. The van der Waals surface area contributed by atoms with E-state index >= 15 is 0 Å². The molecule has 1 saturated carbocycles. The van der Waals surface area contributed by atoms with E-state index in [0.29, 0.717) is 24.4 Å². The molecule has 7 heteroatoms. The second-order valence-corrected chi connectivity index (χ2v) is 7.85. The van der Waals surface area contributed by atoms with Gasteiger partial charge < -0.3 is 4.74 Å². The van der Waals surface area contributed by atoms with Gasteiger partial charge in [0, 0.05) is 18.0 Å². The lowest BCUT2D eigenvalue weighted by Gasteiger charge is -2.11. The number of sulfone groups is 1. The molecule has 0 amide bonds. The minimum absolute atomic E-state index is 0.107. The number of hydrogen-bond donors (Lipinski definition) is 0. The topological polar surface area (TPSA) is 86.2 Å². The minimum atomic E-state index is -2.97. The molecule has 1 aromatic heterocycles. The minimum Gasteiger partial charge on any atom is -0.462 e. The van der Waals surface area contributed by atoms with Gasteiger partial charge >= 0.3 is 5.97 Å². The summed E-state index contributed by atoms with van der Waals surface area (Å²) in [4.78, 5) is 20.7. The molecule has 2 aliphatic rings. The Labute approximate surface area is 123 Å². The Balaban J connectivity index is 1.91. The van der Waals surface area contributed by atoms with Crippen molar-refractivity contribution in [2.75, 3.05) is 18.1 Å². The van der Waals surface area contributed by atoms with Gasteiger partial charge in [-0.3, -0.25) is 0 Å². The third-order valence-corrected chi connectivity index (χ3v) is 5.66. The van der Waals surface area contributed by atoms with Crippen LogP contribution < -0.4 is 0 Å². The molecule has 1 aromatic rings. The normalized spacial score (nSPS) is 24.0. The number of esters is 1. The van der Waals surface area contributed by atoms with Crippen LogP contribution in [0.15, 0.2) is 6.20 Å². The highest BCUT2D eigenvalue weighted by Crippen LogP contribution is 2.41. The molecular weight excluding hydrogens is 292 g/mol. The highest BCUT2D eigenvalue weighted by Gasteiger charge is 2.35. The zero-order valence-electron chi connectivity index (χ0n) is 11.9. The number of rotatable bonds is 4. The second-order valence-electron chi connectivity index (χ2n) is 5.62. The van der Waals surface area contributed by atoms with Crippen molar-refractivity contribution in [1.29, 1.82) is 0 Å². The Morgan fingerprint density at radius 3 is 2.67 bits per heavy atom. The summed E-state index contributed by atoms with van der Waals surface area (Å²) in [5.74, 6) is 0.582. The molecule has 2 heterocycles. The van der Waals surface area contributed by atoms with Crippen molar-refractivity contribution in [2.24, 2.45) is 0 Å². The maximum absolute atomic E-state index is 11.9. The zero-order chi connectivity index (χ0) is 15.0. The van der Waals surface area contributed by atoms with Crippen molar-refractivity contribution in [2.45, 2.75) is 38.0 Å². The van der Waals surface area contributed by atoms with E-state index in [0.717, 1.165) is 18.5 Å². The van der Waals surface area contributed by atoms with E-state index in [1.165, 1.54) is 6.20 Å². The van der Waals surface area contributed by atoms with E-state index in [2.05, 4.69) is 9.97 Å². The van der Waals surface area contributed by atoms with Crippen molar-refractivity contribution < 1.29 is 17.9 Å². The quantitative estimate of drug-likeness (QED) is 0.782.